The molecule has 2 heterocycles. The quantitative estimate of drug-likeness (QED) is 0.889. The third kappa shape index (κ3) is 2.81. The van der Waals surface area contributed by atoms with Crippen LogP contribution in [0.4, 0.5) is 0 Å². The van der Waals surface area contributed by atoms with Gasteiger partial charge >= 0.3 is 5.97 Å². The zero-order valence-corrected chi connectivity index (χ0v) is 12.4. The lowest BCUT2D eigenvalue weighted by atomic mass is 10.3. The molecular formula is C11H16N2O4S2. The molecule has 0 atom stereocenters. The smallest absolute Gasteiger partial charge is 0.346 e. The summed E-state index contributed by atoms with van der Waals surface area (Å²) in [6.07, 6.45) is 0. The maximum Gasteiger partial charge on any atom is 0.346 e. The van der Waals surface area contributed by atoms with Crippen molar-refractivity contribution in [1.82, 2.24) is 9.21 Å². The van der Waals surface area contributed by atoms with Crippen molar-refractivity contribution in [1.29, 1.82) is 0 Å². The molecule has 0 unspecified atom stereocenters. The van der Waals surface area contributed by atoms with Crippen LogP contribution < -0.4 is 0 Å². The second kappa shape index (κ2) is 5.20. The second-order valence-electron chi connectivity index (χ2n) is 4.59. The molecule has 0 aliphatic carbocycles. The largest absolute Gasteiger partial charge is 0.477 e. The molecule has 6 nitrogen and oxygen atoms in total. The Bertz CT molecular complexity index is 586. The molecule has 8 heteroatoms. The molecule has 0 bridgehead atoms. The molecule has 1 aliphatic heterocycles. The summed E-state index contributed by atoms with van der Waals surface area (Å²) in [5.41, 5.74) is 0.491. The van der Waals surface area contributed by atoms with Gasteiger partial charge in [0.1, 0.15) is 9.09 Å². The first kappa shape index (κ1) is 14.4. The number of rotatable bonds is 3. The van der Waals surface area contributed by atoms with E-state index >= 15 is 0 Å². The highest BCUT2D eigenvalue weighted by Crippen LogP contribution is 2.28. The lowest BCUT2D eigenvalue weighted by molar-refractivity contribution is 0.0701. The Morgan fingerprint density at radius 3 is 2.37 bits per heavy atom. The van der Waals surface area contributed by atoms with Gasteiger partial charge in [-0.05, 0) is 25.6 Å². The van der Waals surface area contributed by atoms with Crippen molar-refractivity contribution >= 4 is 27.3 Å². The summed E-state index contributed by atoms with van der Waals surface area (Å²) >= 11 is 0.826. The van der Waals surface area contributed by atoms with Gasteiger partial charge in [-0.15, -0.1) is 11.3 Å². The maximum atomic E-state index is 12.4. The molecule has 1 N–H and O–H groups in total. The average Bonchev–Trinajstić information content (AvgIpc) is 2.72. The van der Waals surface area contributed by atoms with Crippen LogP contribution >= 0.6 is 11.3 Å². The zero-order valence-electron chi connectivity index (χ0n) is 10.8. The van der Waals surface area contributed by atoms with Gasteiger partial charge in [-0.3, -0.25) is 0 Å². The van der Waals surface area contributed by atoms with Gasteiger partial charge in [-0.1, -0.05) is 0 Å². The fourth-order valence-corrected chi connectivity index (χ4v) is 4.90. The normalized spacial score (nSPS) is 18.6. The van der Waals surface area contributed by atoms with E-state index in [-0.39, 0.29) is 9.09 Å². The summed E-state index contributed by atoms with van der Waals surface area (Å²) in [6, 6.07) is 1.45. The van der Waals surface area contributed by atoms with E-state index in [0.717, 1.165) is 11.3 Å². The molecule has 1 fully saturated rings. The minimum Gasteiger partial charge on any atom is -0.477 e. The van der Waals surface area contributed by atoms with Gasteiger partial charge in [0.05, 0.1) is 0 Å². The first-order chi connectivity index (χ1) is 8.82. The highest BCUT2D eigenvalue weighted by atomic mass is 32.2. The van der Waals surface area contributed by atoms with Crippen LogP contribution in [0.1, 0.15) is 15.2 Å². The van der Waals surface area contributed by atoms with Gasteiger partial charge < -0.3 is 10.0 Å². The summed E-state index contributed by atoms with van der Waals surface area (Å²) in [6.45, 7) is 3.88. The molecule has 0 aromatic carbocycles. The van der Waals surface area contributed by atoms with Crippen LogP contribution in [-0.2, 0) is 10.0 Å². The summed E-state index contributed by atoms with van der Waals surface area (Å²) in [4.78, 5) is 13.1. The first-order valence-electron chi connectivity index (χ1n) is 5.85. The van der Waals surface area contributed by atoms with E-state index in [4.69, 9.17) is 5.11 Å². The third-order valence-corrected chi connectivity index (χ3v) is 6.72. The molecule has 1 aliphatic rings. The minimum absolute atomic E-state index is 0.0905. The molecule has 106 valence electrons. The summed E-state index contributed by atoms with van der Waals surface area (Å²) < 4.78 is 26.4. The molecule has 19 heavy (non-hydrogen) atoms. The number of piperazine rings is 1. The van der Waals surface area contributed by atoms with E-state index in [1.165, 1.54) is 10.4 Å². The molecule has 0 spiro atoms. The average molecular weight is 304 g/mol. The number of likely N-dealkylation sites (N-methyl/N-ethyl adjacent to an activating group) is 1. The Morgan fingerprint density at radius 1 is 1.32 bits per heavy atom. The Morgan fingerprint density at radius 2 is 1.89 bits per heavy atom. The predicted octanol–water partition coefficient (Wildman–Crippen LogP) is 0.691. The van der Waals surface area contributed by atoms with E-state index in [0.29, 0.717) is 31.7 Å². The number of hydrogen-bond donors (Lipinski definition) is 1. The highest BCUT2D eigenvalue weighted by Gasteiger charge is 2.30. The Hall–Kier alpha value is -0.960. The van der Waals surface area contributed by atoms with Crippen LogP contribution in [0.5, 0.6) is 0 Å². The van der Waals surface area contributed by atoms with E-state index in [1.54, 1.807) is 6.92 Å². The van der Waals surface area contributed by atoms with E-state index in [1.807, 2.05) is 7.05 Å². The number of nitrogens with zero attached hydrogens (tertiary/aromatic N) is 2. The maximum absolute atomic E-state index is 12.4. The number of sulfonamides is 1. The van der Waals surface area contributed by atoms with Gasteiger partial charge in [0.25, 0.3) is 10.0 Å². The molecule has 1 aromatic heterocycles. The molecular weight excluding hydrogens is 288 g/mol. The molecule has 1 saturated heterocycles. The Labute approximate surface area is 116 Å². The minimum atomic E-state index is -3.56. The molecule has 0 amide bonds. The van der Waals surface area contributed by atoms with Crippen molar-refractivity contribution in [2.75, 3.05) is 33.2 Å². The number of carbonyl (C=O) groups is 1. The van der Waals surface area contributed by atoms with Crippen LogP contribution in [0.25, 0.3) is 0 Å². The van der Waals surface area contributed by atoms with Crippen LogP contribution in [0.2, 0.25) is 0 Å². The van der Waals surface area contributed by atoms with Crippen molar-refractivity contribution in [2.45, 2.75) is 11.1 Å². The van der Waals surface area contributed by atoms with Crippen molar-refractivity contribution in [3.05, 3.63) is 16.5 Å². The van der Waals surface area contributed by atoms with Crippen molar-refractivity contribution in [3.63, 3.8) is 0 Å². The van der Waals surface area contributed by atoms with Crippen molar-refractivity contribution in [2.24, 2.45) is 0 Å². The van der Waals surface area contributed by atoms with Crippen molar-refractivity contribution < 1.29 is 18.3 Å². The van der Waals surface area contributed by atoms with Gasteiger partial charge in [0.2, 0.25) is 0 Å². The SMILES string of the molecule is Cc1cc(S(=O)(=O)N2CCN(C)CC2)sc1C(=O)O. The zero-order chi connectivity index (χ0) is 14.2. The van der Waals surface area contributed by atoms with Gasteiger partial charge in [0.15, 0.2) is 0 Å². The Kier molecular flexibility index (Phi) is 3.95. The van der Waals surface area contributed by atoms with Crippen LogP contribution in [0.15, 0.2) is 10.3 Å². The fourth-order valence-electron chi connectivity index (χ4n) is 1.95. The van der Waals surface area contributed by atoms with Crippen LogP contribution in [0.3, 0.4) is 0 Å². The molecule has 1 aromatic rings. The van der Waals surface area contributed by atoms with E-state index in [2.05, 4.69) is 4.90 Å². The lowest BCUT2D eigenvalue weighted by Crippen LogP contribution is -2.46. The third-order valence-electron chi connectivity index (χ3n) is 3.15. The van der Waals surface area contributed by atoms with Crippen molar-refractivity contribution in [3.8, 4) is 0 Å². The summed E-state index contributed by atoms with van der Waals surface area (Å²) in [5.74, 6) is -1.08. The van der Waals surface area contributed by atoms with E-state index < -0.39 is 16.0 Å². The number of aryl methyl sites for hydroxylation is 1. The van der Waals surface area contributed by atoms with E-state index in [9.17, 15) is 13.2 Å². The number of carboxylic acid groups (broad SMARTS) is 1. The molecule has 0 saturated carbocycles. The Balaban J connectivity index is 2.29. The predicted molar refractivity (Wildman–Crippen MR) is 72.3 cm³/mol. The molecule has 0 radical (unpaired) electrons. The van der Waals surface area contributed by atoms with Gasteiger partial charge in [0, 0.05) is 26.2 Å². The number of thiophene rings is 1. The number of hydrogen-bond acceptors (Lipinski definition) is 5. The number of aromatic carboxylic acids is 1. The summed E-state index contributed by atoms with van der Waals surface area (Å²) in [5, 5.41) is 8.99. The topological polar surface area (TPSA) is 77.9 Å². The second-order valence-corrected chi connectivity index (χ2v) is 7.81. The van der Waals surface area contributed by atoms with Crippen LogP contribution in [0, 0.1) is 6.92 Å². The summed E-state index contributed by atoms with van der Waals surface area (Å²) in [7, 11) is -1.61. The molecule has 2 rings (SSSR count). The first-order valence-corrected chi connectivity index (χ1v) is 8.10. The lowest BCUT2D eigenvalue weighted by Gasteiger charge is -2.31. The highest BCUT2D eigenvalue weighted by molar-refractivity contribution is 7.91. The van der Waals surface area contributed by atoms with Crippen LogP contribution in [-0.4, -0.2) is 61.9 Å². The monoisotopic (exact) mass is 304 g/mol. The number of carboxylic acids is 1. The standard InChI is InChI=1S/C11H16N2O4S2/c1-8-7-9(18-10(8)11(14)15)19(16,17)13-5-3-12(2)4-6-13/h7H,3-6H2,1-2H3,(H,14,15). The van der Waals surface area contributed by atoms with Gasteiger partial charge in [-0.25, -0.2) is 13.2 Å². The van der Waals surface area contributed by atoms with Gasteiger partial charge in [-0.2, -0.15) is 4.31 Å². The fraction of sp³-hybridized carbons (Fsp3) is 0.545.